The molecule has 7 heteroatoms. The SMILES string of the molecule is C#CCOc1c(Br)cc(/C=C2\SC(=O)N(Cc3ccccc3C)C2=O)cc1OC. The number of hydrogen-bond acceptors (Lipinski definition) is 5. The standard InChI is InChI=1S/C22H18BrNO4S/c1-4-9-28-20-17(23)10-15(11-18(20)27-3)12-19-21(25)24(22(26)29-19)13-16-8-6-5-7-14(16)2/h1,5-8,10-12H,9,13H2,2-3H3/b19-12-. The van der Waals surface area contributed by atoms with Crippen LogP contribution in [0.2, 0.25) is 0 Å². The van der Waals surface area contributed by atoms with Crippen LogP contribution in [-0.4, -0.2) is 29.8 Å². The summed E-state index contributed by atoms with van der Waals surface area (Å²) in [7, 11) is 1.52. The molecule has 1 heterocycles. The lowest BCUT2D eigenvalue weighted by molar-refractivity contribution is -0.123. The number of rotatable bonds is 6. The van der Waals surface area contributed by atoms with E-state index < -0.39 is 0 Å². The minimum Gasteiger partial charge on any atom is -0.493 e. The van der Waals surface area contributed by atoms with Crippen LogP contribution in [0.15, 0.2) is 45.8 Å². The Labute approximate surface area is 182 Å². The van der Waals surface area contributed by atoms with E-state index in [1.165, 1.54) is 12.0 Å². The van der Waals surface area contributed by atoms with Gasteiger partial charge in [0.1, 0.15) is 6.61 Å². The molecule has 2 amide bonds. The molecule has 29 heavy (non-hydrogen) atoms. The molecule has 0 bridgehead atoms. The van der Waals surface area contributed by atoms with E-state index in [-0.39, 0.29) is 24.3 Å². The number of hydrogen-bond donors (Lipinski definition) is 0. The third-order valence-electron chi connectivity index (χ3n) is 4.31. The highest BCUT2D eigenvalue weighted by molar-refractivity contribution is 9.10. The molecule has 1 aliphatic rings. The van der Waals surface area contributed by atoms with Gasteiger partial charge in [0, 0.05) is 0 Å². The molecule has 0 atom stereocenters. The summed E-state index contributed by atoms with van der Waals surface area (Å²) < 4.78 is 11.5. The highest BCUT2D eigenvalue weighted by Crippen LogP contribution is 2.39. The van der Waals surface area contributed by atoms with E-state index >= 15 is 0 Å². The number of benzene rings is 2. The van der Waals surface area contributed by atoms with Crippen molar-refractivity contribution in [2.24, 2.45) is 0 Å². The lowest BCUT2D eigenvalue weighted by Gasteiger charge is -2.14. The summed E-state index contributed by atoms with van der Waals surface area (Å²) in [6.07, 6.45) is 6.91. The average molecular weight is 472 g/mol. The molecule has 3 rings (SSSR count). The first-order valence-corrected chi connectivity index (χ1v) is 10.3. The Bertz CT molecular complexity index is 1040. The number of carbonyl (C=O) groups is 2. The first-order chi connectivity index (χ1) is 13.9. The van der Waals surface area contributed by atoms with Crippen molar-refractivity contribution < 1.29 is 19.1 Å². The van der Waals surface area contributed by atoms with Crippen LogP contribution in [0.25, 0.3) is 6.08 Å². The smallest absolute Gasteiger partial charge is 0.293 e. The maximum atomic E-state index is 12.8. The lowest BCUT2D eigenvalue weighted by Crippen LogP contribution is -2.27. The van der Waals surface area contributed by atoms with E-state index in [2.05, 4.69) is 21.9 Å². The Balaban J connectivity index is 1.87. The summed E-state index contributed by atoms with van der Waals surface area (Å²) >= 11 is 4.36. The second-order valence-electron chi connectivity index (χ2n) is 6.22. The number of halogens is 1. The zero-order chi connectivity index (χ0) is 21.0. The van der Waals surface area contributed by atoms with Gasteiger partial charge in [-0.1, -0.05) is 30.2 Å². The molecule has 0 saturated carbocycles. The van der Waals surface area contributed by atoms with E-state index in [1.54, 1.807) is 18.2 Å². The van der Waals surface area contributed by atoms with Crippen molar-refractivity contribution in [1.82, 2.24) is 4.90 Å². The maximum Gasteiger partial charge on any atom is 0.293 e. The molecule has 2 aromatic rings. The number of carbonyl (C=O) groups excluding carboxylic acids is 2. The zero-order valence-corrected chi connectivity index (χ0v) is 18.3. The van der Waals surface area contributed by atoms with E-state index in [4.69, 9.17) is 15.9 Å². The molecule has 0 unspecified atom stereocenters. The topological polar surface area (TPSA) is 55.8 Å². The van der Waals surface area contributed by atoms with Crippen molar-refractivity contribution in [2.75, 3.05) is 13.7 Å². The lowest BCUT2D eigenvalue weighted by atomic mass is 10.1. The average Bonchev–Trinajstić information content (AvgIpc) is 2.95. The van der Waals surface area contributed by atoms with Gasteiger partial charge in [-0.25, -0.2) is 0 Å². The van der Waals surface area contributed by atoms with Crippen LogP contribution >= 0.6 is 27.7 Å². The van der Waals surface area contributed by atoms with Crippen LogP contribution in [0, 0.1) is 19.3 Å². The minimum absolute atomic E-state index is 0.103. The van der Waals surface area contributed by atoms with Crippen molar-refractivity contribution in [3.8, 4) is 23.8 Å². The number of thioether (sulfide) groups is 1. The monoisotopic (exact) mass is 471 g/mol. The van der Waals surface area contributed by atoms with Crippen LogP contribution in [-0.2, 0) is 11.3 Å². The molecule has 0 aromatic heterocycles. The first kappa shape index (κ1) is 21.0. The predicted molar refractivity (Wildman–Crippen MR) is 118 cm³/mol. The van der Waals surface area contributed by atoms with Gasteiger partial charge in [0.15, 0.2) is 11.5 Å². The number of ether oxygens (including phenoxy) is 2. The largest absolute Gasteiger partial charge is 0.493 e. The number of methoxy groups -OCH3 is 1. The summed E-state index contributed by atoms with van der Waals surface area (Å²) in [5.41, 5.74) is 2.67. The van der Waals surface area contributed by atoms with Gasteiger partial charge >= 0.3 is 0 Å². The normalized spacial score (nSPS) is 15.0. The van der Waals surface area contributed by atoms with Crippen molar-refractivity contribution in [2.45, 2.75) is 13.5 Å². The Morgan fingerprint density at radius 2 is 2.03 bits per heavy atom. The fourth-order valence-corrected chi connectivity index (χ4v) is 4.24. The number of aryl methyl sites for hydroxylation is 1. The molecule has 0 aliphatic carbocycles. The van der Waals surface area contributed by atoms with Gasteiger partial charge in [0.05, 0.1) is 23.0 Å². The first-order valence-electron chi connectivity index (χ1n) is 8.68. The third kappa shape index (κ3) is 4.66. The van der Waals surface area contributed by atoms with Crippen LogP contribution < -0.4 is 9.47 Å². The third-order valence-corrected chi connectivity index (χ3v) is 5.81. The maximum absolute atomic E-state index is 12.8. The van der Waals surface area contributed by atoms with Crippen molar-refractivity contribution >= 4 is 44.9 Å². The van der Waals surface area contributed by atoms with Gasteiger partial charge in [-0.15, -0.1) is 6.42 Å². The minimum atomic E-state index is -0.314. The highest BCUT2D eigenvalue weighted by atomic mass is 79.9. The molecule has 1 fully saturated rings. The summed E-state index contributed by atoms with van der Waals surface area (Å²) in [4.78, 5) is 26.8. The van der Waals surface area contributed by atoms with E-state index in [0.717, 1.165) is 22.9 Å². The molecule has 2 aromatic carbocycles. The second kappa shape index (κ2) is 9.21. The van der Waals surface area contributed by atoms with Crippen LogP contribution in [0.3, 0.4) is 0 Å². The number of amides is 2. The molecule has 5 nitrogen and oxygen atoms in total. The molecular weight excluding hydrogens is 454 g/mol. The predicted octanol–water partition coefficient (Wildman–Crippen LogP) is 5.01. The molecule has 0 spiro atoms. The molecule has 148 valence electrons. The fraction of sp³-hybridized carbons (Fsp3) is 0.182. The Kier molecular flexibility index (Phi) is 6.68. The Hall–Kier alpha value is -2.69. The van der Waals surface area contributed by atoms with E-state index in [0.29, 0.717) is 26.4 Å². The molecule has 0 radical (unpaired) electrons. The highest BCUT2D eigenvalue weighted by Gasteiger charge is 2.35. The number of nitrogens with zero attached hydrogens (tertiary/aromatic N) is 1. The molecule has 0 N–H and O–H groups in total. The van der Waals surface area contributed by atoms with Crippen LogP contribution in [0.1, 0.15) is 16.7 Å². The van der Waals surface area contributed by atoms with Crippen molar-refractivity contribution in [3.05, 3.63) is 62.5 Å². The summed E-state index contributed by atoms with van der Waals surface area (Å²) in [6.45, 7) is 2.31. The number of terminal acetylenes is 1. The summed E-state index contributed by atoms with van der Waals surface area (Å²) in [5, 5.41) is -0.287. The van der Waals surface area contributed by atoms with Gasteiger partial charge in [0.25, 0.3) is 11.1 Å². The molecular formula is C22H18BrNO4S. The Morgan fingerprint density at radius 1 is 1.28 bits per heavy atom. The van der Waals surface area contributed by atoms with Crippen LogP contribution in [0.4, 0.5) is 4.79 Å². The summed E-state index contributed by atoms with van der Waals surface area (Å²) in [6, 6.07) is 11.2. The van der Waals surface area contributed by atoms with Gasteiger partial charge < -0.3 is 9.47 Å². The second-order valence-corrected chi connectivity index (χ2v) is 8.07. The van der Waals surface area contributed by atoms with E-state index in [1.807, 2.05) is 31.2 Å². The van der Waals surface area contributed by atoms with Gasteiger partial charge in [-0.2, -0.15) is 0 Å². The van der Waals surface area contributed by atoms with E-state index in [9.17, 15) is 9.59 Å². The van der Waals surface area contributed by atoms with Gasteiger partial charge in [-0.3, -0.25) is 14.5 Å². The van der Waals surface area contributed by atoms with Gasteiger partial charge in [-0.05, 0) is 69.5 Å². The molecule has 1 saturated heterocycles. The molecule has 1 aliphatic heterocycles. The van der Waals surface area contributed by atoms with Gasteiger partial charge in [0.2, 0.25) is 0 Å². The van der Waals surface area contributed by atoms with Crippen LogP contribution in [0.5, 0.6) is 11.5 Å². The van der Waals surface area contributed by atoms with Crippen molar-refractivity contribution in [1.29, 1.82) is 0 Å². The number of imide groups is 1. The Morgan fingerprint density at radius 3 is 2.72 bits per heavy atom. The summed E-state index contributed by atoms with van der Waals surface area (Å²) in [5.74, 6) is 3.05. The van der Waals surface area contributed by atoms with Crippen molar-refractivity contribution in [3.63, 3.8) is 0 Å². The zero-order valence-electron chi connectivity index (χ0n) is 15.9. The fourth-order valence-electron chi connectivity index (χ4n) is 2.82. The quantitative estimate of drug-likeness (QED) is 0.437.